The van der Waals surface area contributed by atoms with Crippen molar-refractivity contribution in [3.05, 3.63) is 6.92 Å². The van der Waals surface area contributed by atoms with Gasteiger partial charge in [0, 0.05) is 12.8 Å². The quantitative estimate of drug-likeness (QED) is 0.266. The maximum atomic E-state index is 4.50. The molecule has 0 aliphatic carbocycles. The summed E-state index contributed by atoms with van der Waals surface area (Å²) in [7, 11) is 1.53. The van der Waals surface area contributed by atoms with Crippen LogP contribution in [0.5, 0.6) is 0 Å². The summed E-state index contributed by atoms with van der Waals surface area (Å²) >= 11 is 0. The van der Waals surface area contributed by atoms with Crippen LogP contribution in [0.25, 0.3) is 0 Å². The Morgan fingerprint density at radius 1 is 1.31 bits per heavy atom. The molecule has 0 N–H and O–H groups in total. The number of oxime groups is 1. The van der Waals surface area contributed by atoms with Gasteiger partial charge in [0.25, 0.3) is 0 Å². The zero-order chi connectivity index (χ0) is 9.78. The molecule has 0 unspecified atom stereocenters. The first-order chi connectivity index (χ1) is 6.41. The van der Waals surface area contributed by atoms with E-state index in [4.69, 9.17) is 0 Å². The molecule has 0 aromatic heterocycles. The van der Waals surface area contributed by atoms with Gasteiger partial charge in [-0.3, -0.25) is 0 Å². The molecule has 0 atom stereocenters. The smallest absolute Gasteiger partial charge is 0.106 e. The van der Waals surface area contributed by atoms with Gasteiger partial charge in [-0.15, -0.1) is 5.92 Å². The second kappa shape index (κ2) is 11.0. The molecule has 0 saturated heterocycles. The van der Waals surface area contributed by atoms with E-state index >= 15 is 0 Å². The number of hydrogen-bond donors (Lipinski definition) is 0. The highest BCUT2D eigenvalue weighted by molar-refractivity contribution is 5.60. The van der Waals surface area contributed by atoms with Gasteiger partial charge in [0.1, 0.15) is 7.11 Å². The molecule has 0 bridgehead atoms. The van der Waals surface area contributed by atoms with Crippen molar-refractivity contribution in [2.45, 2.75) is 38.5 Å². The molecular formula is C11H18NO. The van der Waals surface area contributed by atoms with Crippen LogP contribution in [0.3, 0.4) is 0 Å². The summed E-state index contributed by atoms with van der Waals surface area (Å²) < 4.78 is 0. The lowest BCUT2D eigenvalue weighted by atomic mass is 10.1. The molecule has 2 heteroatoms. The fourth-order valence-corrected chi connectivity index (χ4v) is 0.885. The zero-order valence-electron chi connectivity index (χ0n) is 8.38. The average Bonchev–Trinajstić information content (AvgIpc) is 2.16. The zero-order valence-corrected chi connectivity index (χ0v) is 8.38. The third-order valence-electron chi connectivity index (χ3n) is 1.55. The third-order valence-corrected chi connectivity index (χ3v) is 1.55. The van der Waals surface area contributed by atoms with Crippen LogP contribution in [0.15, 0.2) is 5.16 Å². The highest BCUT2D eigenvalue weighted by Crippen LogP contribution is 2.00. The minimum absolute atomic E-state index is 0.684. The van der Waals surface area contributed by atoms with Crippen LogP contribution >= 0.6 is 0 Å². The van der Waals surface area contributed by atoms with E-state index in [-0.39, 0.29) is 0 Å². The van der Waals surface area contributed by atoms with Gasteiger partial charge in [0.2, 0.25) is 0 Å². The molecule has 1 radical (unpaired) electrons. The van der Waals surface area contributed by atoms with Crippen molar-refractivity contribution in [3.63, 3.8) is 0 Å². The molecule has 13 heavy (non-hydrogen) atoms. The van der Waals surface area contributed by atoms with Crippen LogP contribution in [0, 0.1) is 18.8 Å². The molecule has 0 aliphatic heterocycles. The molecule has 73 valence electrons. The van der Waals surface area contributed by atoms with Crippen LogP contribution in [0.4, 0.5) is 0 Å². The Kier molecular flexibility index (Phi) is 10.2. The van der Waals surface area contributed by atoms with Gasteiger partial charge in [-0.1, -0.05) is 37.3 Å². The molecule has 2 nitrogen and oxygen atoms in total. The van der Waals surface area contributed by atoms with Gasteiger partial charge in [0.05, 0.1) is 6.21 Å². The second-order valence-corrected chi connectivity index (χ2v) is 2.69. The van der Waals surface area contributed by atoms with Crippen LogP contribution in [0.2, 0.25) is 0 Å². The SMILES string of the molecule is [CH2]CCCCCC#CCC=NOC. The van der Waals surface area contributed by atoms with E-state index in [0.29, 0.717) is 6.42 Å². The molecule has 0 heterocycles. The highest BCUT2D eigenvalue weighted by Gasteiger charge is 1.83. The number of nitrogens with zero attached hydrogens (tertiary/aromatic N) is 1. The summed E-state index contributed by atoms with van der Waals surface area (Å²) in [6.45, 7) is 3.79. The van der Waals surface area contributed by atoms with E-state index in [1.165, 1.54) is 26.4 Å². The molecule has 0 aliphatic rings. The van der Waals surface area contributed by atoms with Crippen molar-refractivity contribution in [2.75, 3.05) is 7.11 Å². The lowest BCUT2D eigenvalue weighted by Crippen LogP contribution is -1.75. The van der Waals surface area contributed by atoms with Crippen LogP contribution < -0.4 is 0 Å². The summed E-state index contributed by atoms with van der Waals surface area (Å²) in [5, 5.41) is 3.58. The highest BCUT2D eigenvalue weighted by atomic mass is 16.6. The number of unbranched alkanes of at least 4 members (excludes halogenated alkanes) is 4. The van der Waals surface area contributed by atoms with Crippen molar-refractivity contribution in [2.24, 2.45) is 5.16 Å². The van der Waals surface area contributed by atoms with Crippen LogP contribution in [0.1, 0.15) is 38.5 Å². The summed E-state index contributed by atoms with van der Waals surface area (Å²) in [4.78, 5) is 4.50. The van der Waals surface area contributed by atoms with Crippen molar-refractivity contribution < 1.29 is 4.84 Å². The van der Waals surface area contributed by atoms with Gasteiger partial charge >= 0.3 is 0 Å². The standard InChI is InChI=1S/C11H18NO/c1-3-4-5-6-7-8-9-10-11-12-13-2/h11H,1,3-7,10H2,2H3. The fraction of sp³-hybridized carbons (Fsp3) is 0.636. The summed E-state index contributed by atoms with van der Waals surface area (Å²) in [5.74, 6) is 6.09. The first-order valence-corrected chi connectivity index (χ1v) is 4.71. The van der Waals surface area contributed by atoms with Gasteiger partial charge in [-0.05, 0) is 6.42 Å². The fourth-order valence-electron chi connectivity index (χ4n) is 0.885. The van der Waals surface area contributed by atoms with Crippen molar-refractivity contribution in [3.8, 4) is 11.8 Å². The Balaban J connectivity index is 3.15. The topological polar surface area (TPSA) is 21.6 Å². The summed E-state index contributed by atoms with van der Waals surface area (Å²) in [6, 6.07) is 0. The van der Waals surface area contributed by atoms with E-state index in [1.54, 1.807) is 6.21 Å². The minimum atomic E-state index is 0.684. The predicted octanol–water partition coefficient (Wildman–Crippen LogP) is 2.80. The van der Waals surface area contributed by atoms with E-state index < -0.39 is 0 Å². The second-order valence-electron chi connectivity index (χ2n) is 2.69. The normalized spacial score (nSPS) is 9.69. The lowest BCUT2D eigenvalue weighted by molar-refractivity contribution is 0.215. The van der Waals surface area contributed by atoms with Crippen molar-refractivity contribution >= 4 is 6.21 Å². The average molecular weight is 180 g/mol. The number of hydrogen-bond acceptors (Lipinski definition) is 2. The molecule has 0 aromatic rings. The Morgan fingerprint density at radius 2 is 2.15 bits per heavy atom. The minimum Gasteiger partial charge on any atom is -0.399 e. The largest absolute Gasteiger partial charge is 0.399 e. The lowest BCUT2D eigenvalue weighted by Gasteiger charge is -1.91. The molecule has 0 fully saturated rings. The van der Waals surface area contributed by atoms with Gasteiger partial charge < -0.3 is 4.84 Å². The van der Waals surface area contributed by atoms with Gasteiger partial charge in [-0.2, -0.15) is 0 Å². The van der Waals surface area contributed by atoms with E-state index in [2.05, 4.69) is 28.8 Å². The van der Waals surface area contributed by atoms with Gasteiger partial charge in [-0.25, -0.2) is 0 Å². The van der Waals surface area contributed by atoms with E-state index in [9.17, 15) is 0 Å². The Labute approximate surface area is 81.4 Å². The Hall–Kier alpha value is -0.970. The van der Waals surface area contributed by atoms with Crippen molar-refractivity contribution in [1.82, 2.24) is 0 Å². The van der Waals surface area contributed by atoms with Crippen LogP contribution in [-0.4, -0.2) is 13.3 Å². The molecular weight excluding hydrogens is 162 g/mol. The summed E-state index contributed by atoms with van der Waals surface area (Å²) in [5.41, 5.74) is 0. The van der Waals surface area contributed by atoms with Crippen molar-refractivity contribution in [1.29, 1.82) is 0 Å². The predicted molar refractivity (Wildman–Crippen MR) is 56.3 cm³/mol. The molecule has 0 aromatic carbocycles. The maximum absolute atomic E-state index is 4.50. The number of rotatable bonds is 6. The molecule has 0 saturated carbocycles. The molecule has 0 amide bonds. The van der Waals surface area contributed by atoms with Gasteiger partial charge in [0.15, 0.2) is 0 Å². The molecule has 0 spiro atoms. The Morgan fingerprint density at radius 3 is 2.85 bits per heavy atom. The van der Waals surface area contributed by atoms with Crippen LogP contribution in [-0.2, 0) is 4.84 Å². The summed E-state index contributed by atoms with van der Waals surface area (Å²) in [6.07, 6.45) is 8.02. The maximum Gasteiger partial charge on any atom is 0.106 e. The van der Waals surface area contributed by atoms with E-state index in [0.717, 1.165) is 12.8 Å². The first kappa shape index (κ1) is 12.0. The third kappa shape index (κ3) is 11.0. The molecule has 0 rings (SSSR count). The monoisotopic (exact) mass is 180 g/mol. The Bertz CT molecular complexity index is 176. The first-order valence-electron chi connectivity index (χ1n) is 4.71. The van der Waals surface area contributed by atoms with E-state index in [1.807, 2.05) is 0 Å².